The van der Waals surface area contributed by atoms with Crippen LogP contribution in [0.2, 0.25) is 5.02 Å². The fourth-order valence-corrected chi connectivity index (χ4v) is 3.53. The van der Waals surface area contributed by atoms with E-state index in [-0.39, 0.29) is 23.8 Å². The molecule has 0 aliphatic heterocycles. The van der Waals surface area contributed by atoms with Crippen LogP contribution in [-0.2, 0) is 13.6 Å². The van der Waals surface area contributed by atoms with Crippen LogP contribution in [0.25, 0.3) is 0 Å². The second-order valence-electron chi connectivity index (χ2n) is 7.93. The molecule has 0 saturated carbocycles. The molecule has 0 bridgehead atoms. The molecule has 1 amide bonds. The predicted octanol–water partition coefficient (Wildman–Crippen LogP) is 2.66. The first-order valence-electron chi connectivity index (χ1n) is 10.9. The van der Waals surface area contributed by atoms with Crippen molar-refractivity contribution in [2.24, 2.45) is 12.0 Å². The fraction of sp³-hybridized carbons (Fsp3) is 0.160. The van der Waals surface area contributed by atoms with E-state index in [9.17, 15) is 14.4 Å². The first-order valence-corrected chi connectivity index (χ1v) is 11.3. The minimum Gasteiger partial charge on any atom is -0.457 e. The Bertz CT molecular complexity index is 1620. The SMILES string of the molecule is CNC(=O)c1cc(Oc2ccc(/N=c3\[nH]c(=O)n(C)c(=O)n3Cc3ccc(Cl)cc3)cc2C)ccn1. The van der Waals surface area contributed by atoms with Crippen molar-refractivity contribution in [1.82, 2.24) is 24.4 Å². The summed E-state index contributed by atoms with van der Waals surface area (Å²) in [4.78, 5) is 48.2. The van der Waals surface area contributed by atoms with Gasteiger partial charge in [0.25, 0.3) is 5.91 Å². The Morgan fingerprint density at radius 1 is 1.14 bits per heavy atom. The molecule has 2 N–H and O–H groups in total. The Balaban J connectivity index is 1.69. The Kier molecular flexibility index (Phi) is 7.16. The van der Waals surface area contributed by atoms with E-state index in [1.54, 1.807) is 54.6 Å². The van der Waals surface area contributed by atoms with E-state index in [0.717, 1.165) is 15.7 Å². The molecule has 0 aliphatic carbocycles. The number of nitrogens with zero attached hydrogens (tertiary/aromatic N) is 4. The summed E-state index contributed by atoms with van der Waals surface area (Å²) >= 11 is 5.97. The van der Waals surface area contributed by atoms with Crippen molar-refractivity contribution in [3.8, 4) is 11.5 Å². The van der Waals surface area contributed by atoms with Gasteiger partial charge in [0.15, 0.2) is 0 Å². The number of pyridine rings is 1. The first-order chi connectivity index (χ1) is 17.2. The van der Waals surface area contributed by atoms with E-state index in [1.165, 1.54) is 24.9 Å². The van der Waals surface area contributed by atoms with Gasteiger partial charge in [0.1, 0.15) is 17.2 Å². The largest absolute Gasteiger partial charge is 0.457 e. The van der Waals surface area contributed by atoms with Gasteiger partial charge in [-0.3, -0.25) is 19.3 Å². The number of aromatic nitrogens is 4. The molecule has 0 fully saturated rings. The third-order valence-corrected chi connectivity index (χ3v) is 5.62. The van der Waals surface area contributed by atoms with Crippen LogP contribution in [0.3, 0.4) is 0 Å². The molecule has 0 unspecified atom stereocenters. The first kappa shape index (κ1) is 24.7. The zero-order valence-corrected chi connectivity index (χ0v) is 20.5. The van der Waals surface area contributed by atoms with Crippen LogP contribution in [0, 0.1) is 6.92 Å². The van der Waals surface area contributed by atoms with Crippen LogP contribution >= 0.6 is 11.6 Å². The van der Waals surface area contributed by atoms with Gasteiger partial charge < -0.3 is 10.1 Å². The minimum atomic E-state index is -0.576. The number of aryl methyl sites for hydroxylation is 1. The molecule has 2 heterocycles. The highest BCUT2D eigenvalue weighted by Gasteiger charge is 2.10. The van der Waals surface area contributed by atoms with Crippen LogP contribution in [0.15, 0.2) is 75.4 Å². The lowest BCUT2D eigenvalue weighted by Crippen LogP contribution is -2.48. The molecule has 10 nitrogen and oxygen atoms in total. The minimum absolute atomic E-state index is 0.107. The highest BCUT2D eigenvalue weighted by Crippen LogP contribution is 2.28. The quantitative estimate of drug-likeness (QED) is 0.416. The number of halogens is 1. The topological polar surface area (TPSA) is 123 Å². The smallest absolute Gasteiger partial charge is 0.335 e. The maximum atomic E-state index is 12.9. The Hall–Kier alpha value is -4.44. The van der Waals surface area contributed by atoms with Gasteiger partial charge in [0.2, 0.25) is 5.62 Å². The third kappa shape index (κ3) is 5.44. The number of nitrogens with one attached hydrogen (secondary N) is 2. The number of carbonyl (C=O) groups is 1. The molecule has 11 heteroatoms. The molecular weight excluding hydrogens is 484 g/mol. The number of aromatic amines is 1. The second kappa shape index (κ2) is 10.4. The molecule has 184 valence electrons. The highest BCUT2D eigenvalue weighted by molar-refractivity contribution is 6.30. The predicted molar refractivity (Wildman–Crippen MR) is 135 cm³/mol. The molecule has 4 rings (SSSR count). The van der Waals surface area contributed by atoms with Crippen LogP contribution in [0.5, 0.6) is 11.5 Å². The van der Waals surface area contributed by atoms with Crippen molar-refractivity contribution < 1.29 is 9.53 Å². The van der Waals surface area contributed by atoms with Gasteiger partial charge in [0.05, 0.1) is 12.2 Å². The van der Waals surface area contributed by atoms with E-state index in [2.05, 4.69) is 20.3 Å². The summed E-state index contributed by atoms with van der Waals surface area (Å²) < 4.78 is 8.29. The normalized spacial score (nSPS) is 11.4. The summed E-state index contributed by atoms with van der Waals surface area (Å²) in [5.41, 5.74) is 1.34. The average molecular weight is 507 g/mol. The van der Waals surface area contributed by atoms with E-state index in [4.69, 9.17) is 16.3 Å². The summed E-state index contributed by atoms with van der Waals surface area (Å²) in [6.07, 6.45) is 1.49. The van der Waals surface area contributed by atoms with E-state index < -0.39 is 11.4 Å². The number of carbonyl (C=O) groups excluding carboxylic acids is 1. The highest BCUT2D eigenvalue weighted by atomic mass is 35.5. The summed E-state index contributed by atoms with van der Waals surface area (Å²) in [6.45, 7) is 2.03. The van der Waals surface area contributed by atoms with E-state index in [1.807, 2.05) is 6.92 Å². The van der Waals surface area contributed by atoms with Crippen molar-refractivity contribution in [3.63, 3.8) is 0 Å². The van der Waals surface area contributed by atoms with E-state index >= 15 is 0 Å². The zero-order chi connectivity index (χ0) is 25.8. The average Bonchev–Trinajstić information content (AvgIpc) is 2.87. The van der Waals surface area contributed by atoms with Crippen LogP contribution in [0.1, 0.15) is 21.6 Å². The molecule has 36 heavy (non-hydrogen) atoms. The zero-order valence-electron chi connectivity index (χ0n) is 19.8. The lowest BCUT2D eigenvalue weighted by molar-refractivity contribution is 0.0958. The molecule has 0 spiro atoms. The number of rotatable bonds is 6. The van der Waals surface area contributed by atoms with Gasteiger partial charge in [-0.1, -0.05) is 23.7 Å². The molecule has 0 radical (unpaired) electrons. The molecule has 2 aromatic carbocycles. The van der Waals surface area contributed by atoms with Gasteiger partial charge in [0, 0.05) is 31.4 Å². The molecule has 0 atom stereocenters. The lowest BCUT2D eigenvalue weighted by atomic mass is 10.2. The van der Waals surface area contributed by atoms with E-state index in [0.29, 0.717) is 22.2 Å². The summed E-state index contributed by atoms with van der Waals surface area (Å²) in [5, 5.41) is 3.10. The number of ether oxygens (including phenoxy) is 1. The van der Waals surface area contributed by atoms with Crippen LogP contribution < -0.4 is 27.1 Å². The summed E-state index contributed by atoms with van der Waals surface area (Å²) in [5.74, 6) is 0.684. The van der Waals surface area contributed by atoms with Crippen molar-refractivity contribution in [3.05, 3.63) is 109 Å². The van der Waals surface area contributed by atoms with Crippen molar-refractivity contribution in [1.29, 1.82) is 0 Å². The molecule has 4 aromatic rings. The number of hydrogen-bond acceptors (Lipinski definition) is 6. The Labute approximate surface area is 210 Å². The third-order valence-electron chi connectivity index (χ3n) is 5.36. The van der Waals surface area contributed by atoms with Gasteiger partial charge in [-0.05, 0) is 54.4 Å². The summed E-state index contributed by atoms with van der Waals surface area (Å²) in [7, 11) is 2.92. The molecule has 0 aliphatic rings. The Morgan fingerprint density at radius 3 is 2.58 bits per heavy atom. The molecule has 0 saturated heterocycles. The van der Waals surface area contributed by atoms with Crippen molar-refractivity contribution in [2.45, 2.75) is 13.5 Å². The van der Waals surface area contributed by atoms with Gasteiger partial charge in [-0.2, -0.15) is 0 Å². The monoisotopic (exact) mass is 506 g/mol. The maximum absolute atomic E-state index is 12.9. The van der Waals surface area contributed by atoms with Crippen LogP contribution in [0.4, 0.5) is 5.69 Å². The lowest BCUT2D eigenvalue weighted by Gasteiger charge is -2.11. The summed E-state index contributed by atoms with van der Waals surface area (Å²) in [6, 6.07) is 15.4. The molecule has 2 aromatic heterocycles. The second-order valence-corrected chi connectivity index (χ2v) is 8.36. The van der Waals surface area contributed by atoms with Crippen molar-refractivity contribution in [2.75, 3.05) is 7.05 Å². The number of benzene rings is 2. The standard InChI is InChI=1S/C25H23ClN6O4/c1-15-12-18(8-9-21(15)36-19-10-11-28-20(13-19)22(33)27-2)29-23-30-24(34)31(3)25(35)32(23)14-16-4-6-17(26)7-5-16/h4-13H,14H2,1-3H3,(H,27,33)(H,29,30,34). The number of amides is 1. The van der Waals surface area contributed by atoms with Crippen LogP contribution in [-0.4, -0.2) is 32.1 Å². The van der Waals surface area contributed by atoms with Gasteiger partial charge in [-0.15, -0.1) is 0 Å². The number of hydrogen-bond donors (Lipinski definition) is 2. The Morgan fingerprint density at radius 2 is 1.89 bits per heavy atom. The van der Waals surface area contributed by atoms with Crippen molar-refractivity contribution >= 4 is 23.2 Å². The maximum Gasteiger partial charge on any atom is 0.335 e. The fourth-order valence-electron chi connectivity index (χ4n) is 3.40. The molecular formula is C25H23ClN6O4. The van der Waals surface area contributed by atoms with Gasteiger partial charge >= 0.3 is 11.4 Å². The van der Waals surface area contributed by atoms with Gasteiger partial charge in [-0.25, -0.2) is 19.1 Å². The number of H-pyrrole nitrogens is 1.